The van der Waals surface area contributed by atoms with Gasteiger partial charge in [0, 0.05) is 12.6 Å². The molecule has 1 heterocycles. The molecule has 0 saturated carbocycles. The van der Waals surface area contributed by atoms with E-state index in [0.717, 1.165) is 5.56 Å². The lowest BCUT2D eigenvalue weighted by Crippen LogP contribution is -2.17. The fourth-order valence-corrected chi connectivity index (χ4v) is 1.73. The van der Waals surface area contributed by atoms with E-state index in [0.29, 0.717) is 24.8 Å². The SMILES string of the molecule is CNCCOc1nc(N)cc(NN=Cc2cccc(C)c2)n1. The summed E-state index contributed by atoms with van der Waals surface area (Å²) in [6.07, 6.45) is 1.72. The Bertz CT molecular complexity index is 644. The van der Waals surface area contributed by atoms with Crippen LogP contribution in [-0.2, 0) is 0 Å². The zero-order chi connectivity index (χ0) is 15.8. The Hall–Kier alpha value is -2.67. The molecule has 0 saturated heterocycles. The molecular formula is C15H20N6O. The summed E-state index contributed by atoms with van der Waals surface area (Å²) in [5.74, 6) is 0.804. The molecule has 0 aliphatic heterocycles. The van der Waals surface area contributed by atoms with Crippen LogP contribution in [-0.4, -0.2) is 36.4 Å². The van der Waals surface area contributed by atoms with Crippen molar-refractivity contribution in [2.24, 2.45) is 5.10 Å². The Morgan fingerprint density at radius 3 is 2.95 bits per heavy atom. The number of rotatable bonds is 7. The van der Waals surface area contributed by atoms with Gasteiger partial charge in [-0.1, -0.05) is 29.8 Å². The number of likely N-dealkylation sites (N-methyl/N-ethyl adjacent to an activating group) is 1. The summed E-state index contributed by atoms with van der Waals surface area (Å²) in [7, 11) is 1.84. The number of nitrogen functional groups attached to an aromatic ring is 1. The Balaban J connectivity index is 1.99. The zero-order valence-electron chi connectivity index (χ0n) is 12.7. The highest BCUT2D eigenvalue weighted by Gasteiger charge is 2.03. The summed E-state index contributed by atoms with van der Waals surface area (Å²) in [5.41, 5.74) is 10.7. The third kappa shape index (κ3) is 5.02. The first-order chi connectivity index (χ1) is 10.7. The van der Waals surface area contributed by atoms with Gasteiger partial charge in [0.15, 0.2) is 5.82 Å². The van der Waals surface area contributed by atoms with E-state index in [4.69, 9.17) is 10.5 Å². The Kier molecular flexibility index (Phi) is 5.67. The maximum Gasteiger partial charge on any atom is 0.320 e. The highest BCUT2D eigenvalue weighted by molar-refractivity contribution is 5.80. The van der Waals surface area contributed by atoms with Crippen molar-refractivity contribution in [2.75, 3.05) is 31.4 Å². The lowest BCUT2D eigenvalue weighted by molar-refractivity contribution is 0.294. The molecule has 1 aromatic carbocycles. The quantitative estimate of drug-likeness (QED) is 0.406. The Morgan fingerprint density at radius 1 is 1.32 bits per heavy atom. The van der Waals surface area contributed by atoms with Gasteiger partial charge in [-0.05, 0) is 19.5 Å². The average molecular weight is 300 g/mol. The van der Waals surface area contributed by atoms with E-state index < -0.39 is 0 Å². The van der Waals surface area contributed by atoms with E-state index in [9.17, 15) is 0 Å². The Labute approximate surface area is 129 Å². The van der Waals surface area contributed by atoms with Crippen LogP contribution in [0.1, 0.15) is 11.1 Å². The summed E-state index contributed by atoms with van der Waals surface area (Å²) in [6, 6.07) is 9.84. The van der Waals surface area contributed by atoms with Crippen LogP contribution in [0.5, 0.6) is 6.01 Å². The van der Waals surface area contributed by atoms with Gasteiger partial charge < -0.3 is 15.8 Å². The first-order valence-electron chi connectivity index (χ1n) is 6.95. The molecule has 2 rings (SSSR count). The van der Waals surface area contributed by atoms with Gasteiger partial charge in [-0.2, -0.15) is 15.1 Å². The maximum atomic E-state index is 5.73. The van der Waals surface area contributed by atoms with Gasteiger partial charge in [0.2, 0.25) is 0 Å². The van der Waals surface area contributed by atoms with E-state index in [1.54, 1.807) is 12.3 Å². The van der Waals surface area contributed by atoms with Crippen molar-refractivity contribution >= 4 is 17.9 Å². The molecule has 2 aromatic rings. The molecule has 0 aliphatic rings. The molecule has 0 aliphatic carbocycles. The van der Waals surface area contributed by atoms with Crippen molar-refractivity contribution in [3.63, 3.8) is 0 Å². The third-order valence-electron chi connectivity index (χ3n) is 2.74. The largest absolute Gasteiger partial charge is 0.462 e. The van der Waals surface area contributed by atoms with Gasteiger partial charge in [-0.15, -0.1) is 0 Å². The van der Waals surface area contributed by atoms with E-state index >= 15 is 0 Å². The number of hydrazone groups is 1. The van der Waals surface area contributed by atoms with Gasteiger partial charge in [-0.3, -0.25) is 5.43 Å². The normalized spacial score (nSPS) is 10.8. The number of aromatic nitrogens is 2. The minimum atomic E-state index is 0.225. The first kappa shape index (κ1) is 15.7. The molecule has 0 radical (unpaired) electrons. The van der Waals surface area contributed by atoms with Gasteiger partial charge in [0.05, 0.1) is 6.21 Å². The van der Waals surface area contributed by atoms with Crippen LogP contribution in [0.2, 0.25) is 0 Å². The number of anilines is 2. The molecule has 0 atom stereocenters. The predicted molar refractivity (Wildman–Crippen MR) is 88.3 cm³/mol. The van der Waals surface area contributed by atoms with Crippen molar-refractivity contribution < 1.29 is 4.74 Å². The molecule has 22 heavy (non-hydrogen) atoms. The third-order valence-corrected chi connectivity index (χ3v) is 2.74. The summed E-state index contributed by atoms with van der Waals surface area (Å²) >= 11 is 0. The first-order valence-corrected chi connectivity index (χ1v) is 6.95. The number of nitrogens with one attached hydrogen (secondary N) is 2. The molecule has 1 aromatic heterocycles. The molecule has 0 amide bonds. The second-order valence-electron chi connectivity index (χ2n) is 4.70. The summed E-state index contributed by atoms with van der Waals surface area (Å²) in [4.78, 5) is 8.20. The number of nitrogens with zero attached hydrogens (tertiary/aromatic N) is 3. The second kappa shape index (κ2) is 7.94. The van der Waals surface area contributed by atoms with Crippen LogP contribution in [0.4, 0.5) is 11.6 Å². The second-order valence-corrected chi connectivity index (χ2v) is 4.70. The standard InChI is InChI=1S/C15H20N6O/c1-11-4-3-5-12(8-11)10-18-21-14-9-13(16)19-15(20-14)22-7-6-17-2/h3-5,8-10,17H,6-7H2,1-2H3,(H3,16,19,20,21). The van der Waals surface area contributed by atoms with Crippen molar-refractivity contribution in [3.8, 4) is 6.01 Å². The lowest BCUT2D eigenvalue weighted by atomic mass is 10.2. The van der Waals surface area contributed by atoms with Gasteiger partial charge in [-0.25, -0.2) is 0 Å². The lowest BCUT2D eigenvalue weighted by Gasteiger charge is -2.06. The number of hydrogen-bond acceptors (Lipinski definition) is 7. The maximum absolute atomic E-state index is 5.73. The molecule has 116 valence electrons. The molecule has 7 heteroatoms. The van der Waals surface area contributed by atoms with Crippen molar-refractivity contribution in [1.82, 2.24) is 15.3 Å². The fourth-order valence-electron chi connectivity index (χ4n) is 1.73. The van der Waals surface area contributed by atoms with Crippen molar-refractivity contribution in [2.45, 2.75) is 6.92 Å². The average Bonchev–Trinajstić information content (AvgIpc) is 2.47. The predicted octanol–water partition coefficient (Wildman–Crippen LogP) is 1.41. The van der Waals surface area contributed by atoms with Crippen LogP contribution < -0.4 is 21.2 Å². The molecule has 0 bridgehead atoms. The molecule has 4 N–H and O–H groups in total. The molecule has 0 spiro atoms. The minimum Gasteiger partial charge on any atom is -0.462 e. The van der Waals surface area contributed by atoms with Gasteiger partial charge >= 0.3 is 6.01 Å². The zero-order valence-corrected chi connectivity index (χ0v) is 12.7. The number of nitrogens with two attached hydrogens (primary N) is 1. The van der Waals surface area contributed by atoms with Crippen molar-refractivity contribution in [3.05, 3.63) is 41.5 Å². The summed E-state index contributed by atoms with van der Waals surface area (Å²) in [6.45, 7) is 3.20. The van der Waals surface area contributed by atoms with Gasteiger partial charge in [0.1, 0.15) is 12.4 Å². The smallest absolute Gasteiger partial charge is 0.320 e. The summed E-state index contributed by atoms with van der Waals surface area (Å²) < 4.78 is 5.39. The highest BCUT2D eigenvalue weighted by Crippen LogP contribution is 2.13. The Morgan fingerprint density at radius 2 is 2.18 bits per heavy atom. The van der Waals surface area contributed by atoms with E-state index in [1.807, 2.05) is 38.2 Å². The molecule has 0 fully saturated rings. The van der Waals surface area contributed by atoms with Crippen LogP contribution in [0, 0.1) is 6.92 Å². The monoisotopic (exact) mass is 300 g/mol. The number of aryl methyl sites for hydroxylation is 1. The number of ether oxygens (including phenoxy) is 1. The van der Waals surface area contributed by atoms with E-state index in [-0.39, 0.29) is 6.01 Å². The summed E-state index contributed by atoms with van der Waals surface area (Å²) in [5, 5.41) is 7.12. The van der Waals surface area contributed by atoms with Gasteiger partial charge in [0.25, 0.3) is 0 Å². The highest BCUT2D eigenvalue weighted by atomic mass is 16.5. The van der Waals surface area contributed by atoms with E-state index in [2.05, 4.69) is 25.8 Å². The van der Waals surface area contributed by atoms with Crippen LogP contribution in [0.15, 0.2) is 35.4 Å². The van der Waals surface area contributed by atoms with Crippen LogP contribution >= 0.6 is 0 Å². The fraction of sp³-hybridized carbons (Fsp3) is 0.267. The molecular weight excluding hydrogens is 280 g/mol. The molecule has 7 nitrogen and oxygen atoms in total. The van der Waals surface area contributed by atoms with Crippen molar-refractivity contribution in [1.29, 1.82) is 0 Å². The number of benzene rings is 1. The topological polar surface area (TPSA) is 97.5 Å². The number of hydrogen-bond donors (Lipinski definition) is 3. The molecule has 0 unspecified atom stereocenters. The van der Waals surface area contributed by atoms with Crippen LogP contribution in [0.25, 0.3) is 0 Å². The van der Waals surface area contributed by atoms with Crippen LogP contribution in [0.3, 0.4) is 0 Å². The van der Waals surface area contributed by atoms with E-state index in [1.165, 1.54) is 5.56 Å². The minimum absolute atomic E-state index is 0.225.